The number of hydrogen-bond donors (Lipinski definition) is 8. The Morgan fingerprint density at radius 2 is 0.766 bits per heavy atom. The summed E-state index contributed by atoms with van der Waals surface area (Å²) in [4.78, 5) is 13.2. The van der Waals surface area contributed by atoms with Crippen LogP contribution >= 0.6 is 0 Å². The number of rotatable bonds is 58. The molecule has 1 rings (SSSR count). The fraction of sp³-hybridized carbons (Fsp3) is 0.924. The van der Waals surface area contributed by atoms with Crippen molar-refractivity contribution >= 4 is 5.91 Å². The summed E-state index contributed by atoms with van der Waals surface area (Å²) in [7, 11) is 0. The fourth-order valence-electron chi connectivity index (χ4n) is 10.9. The normalized spacial score (nSPS) is 19.6. The van der Waals surface area contributed by atoms with Gasteiger partial charge in [-0.05, 0) is 64.2 Å². The predicted molar refractivity (Wildman–Crippen MR) is 321 cm³/mol. The van der Waals surface area contributed by atoms with Gasteiger partial charge < -0.3 is 50.5 Å². The van der Waals surface area contributed by atoms with Crippen LogP contribution in [-0.4, -0.2) is 110 Å². The quantitative estimate of drug-likeness (QED) is 0.0215. The zero-order valence-corrected chi connectivity index (χ0v) is 50.2. The summed E-state index contributed by atoms with van der Waals surface area (Å²) >= 11 is 0. The number of aliphatic hydroxyl groups is 7. The molecule has 1 heterocycles. The van der Waals surface area contributed by atoms with Gasteiger partial charge >= 0.3 is 0 Å². The first-order valence-electron chi connectivity index (χ1n) is 33.2. The number of ether oxygens (including phenoxy) is 2. The van der Waals surface area contributed by atoms with E-state index in [2.05, 4.69) is 43.5 Å². The molecular formula is C66H127NO10. The molecule has 11 nitrogen and oxygen atoms in total. The lowest BCUT2D eigenvalue weighted by Gasteiger charge is -2.40. The van der Waals surface area contributed by atoms with Crippen LogP contribution in [0.4, 0.5) is 0 Å². The van der Waals surface area contributed by atoms with Crippen molar-refractivity contribution in [2.75, 3.05) is 13.2 Å². The fourth-order valence-corrected chi connectivity index (χ4v) is 10.9. The van der Waals surface area contributed by atoms with Crippen molar-refractivity contribution in [3.8, 4) is 0 Å². The summed E-state index contributed by atoms with van der Waals surface area (Å²) in [5.74, 6) is -0.707. The third kappa shape index (κ3) is 43.0. The number of allylic oxidation sites excluding steroid dienone is 4. The Morgan fingerprint density at radius 1 is 0.442 bits per heavy atom. The molecule has 1 saturated heterocycles. The second kappa shape index (κ2) is 55.1. The molecule has 9 unspecified atom stereocenters. The Bertz CT molecular complexity index is 1300. The van der Waals surface area contributed by atoms with Gasteiger partial charge in [-0.2, -0.15) is 0 Å². The molecule has 9 atom stereocenters. The Balaban J connectivity index is 2.21. The van der Waals surface area contributed by atoms with Crippen LogP contribution in [0.5, 0.6) is 0 Å². The van der Waals surface area contributed by atoms with Crippen molar-refractivity contribution in [3.05, 3.63) is 24.3 Å². The van der Waals surface area contributed by atoms with E-state index in [-0.39, 0.29) is 12.8 Å². The Kier molecular flexibility index (Phi) is 52.7. The van der Waals surface area contributed by atoms with Gasteiger partial charge in [-0.25, -0.2) is 0 Å². The van der Waals surface area contributed by atoms with Crippen molar-refractivity contribution in [2.45, 2.75) is 377 Å². The molecular weight excluding hydrogens is 967 g/mol. The number of amides is 1. The van der Waals surface area contributed by atoms with Crippen molar-refractivity contribution in [1.29, 1.82) is 0 Å². The van der Waals surface area contributed by atoms with E-state index >= 15 is 0 Å². The molecule has 8 N–H and O–H groups in total. The molecule has 0 spiro atoms. The van der Waals surface area contributed by atoms with Gasteiger partial charge in [0.1, 0.15) is 36.6 Å². The van der Waals surface area contributed by atoms with E-state index in [4.69, 9.17) is 9.47 Å². The topological polar surface area (TPSA) is 189 Å². The minimum absolute atomic E-state index is 0.248. The summed E-state index contributed by atoms with van der Waals surface area (Å²) < 4.78 is 11.2. The molecule has 0 bridgehead atoms. The second-order valence-electron chi connectivity index (χ2n) is 23.5. The Hall–Kier alpha value is -1.41. The van der Waals surface area contributed by atoms with Crippen LogP contribution in [0.15, 0.2) is 24.3 Å². The molecule has 1 aliphatic heterocycles. The van der Waals surface area contributed by atoms with Gasteiger partial charge in [0.25, 0.3) is 0 Å². The highest BCUT2D eigenvalue weighted by Crippen LogP contribution is 2.24. The number of carbonyl (C=O) groups excluding carboxylic acids is 1. The maximum absolute atomic E-state index is 13.2. The molecule has 1 fully saturated rings. The standard InChI is InChI=1S/C66H127NO10/c1-3-5-7-9-11-13-15-17-19-21-23-24-25-26-27-28-29-30-31-32-33-34-35-36-38-39-41-43-45-47-49-51-53-58(69)61(71)57(56-76-66-64(74)63(73)62(72)60(55-68)77-66)67-65(75)59(70)54-52-50-48-46-44-42-40-37-22-20-18-16-14-12-10-8-6-4-2/h22,37,45,47,57-64,66,68-74H,3-21,23-36,38-44,46,48-56H2,1-2H3,(H,67,75)/b37-22-,47-45+. The molecule has 0 aromatic carbocycles. The molecule has 1 aliphatic rings. The SMILES string of the molecule is CCCCCCCCCC/C=C\CCCCCCCCC(O)C(=O)NC(COC1OC(CO)C(O)C(O)C1O)C(O)C(O)CCC/C=C/CCCCCCCCCCCCCCCCCCCCCCCCCCCCC. The highest BCUT2D eigenvalue weighted by Gasteiger charge is 2.44. The highest BCUT2D eigenvalue weighted by molar-refractivity contribution is 5.80. The van der Waals surface area contributed by atoms with Crippen LogP contribution in [0.1, 0.15) is 322 Å². The number of unbranched alkanes of at least 4 members (excludes halogenated alkanes) is 42. The maximum Gasteiger partial charge on any atom is 0.249 e. The van der Waals surface area contributed by atoms with E-state index in [1.54, 1.807) is 0 Å². The van der Waals surface area contributed by atoms with Gasteiger partial charge in [0, 0.05) is 0 Å². The summed E-state index contributed by atoms with van der Waals surface area (Å²) in [6, 6.07) is -1.19. The van der Waals surface area contributed by atoms with E-state index in [1.165, 1.54) is 225 Å². The molecule has 1 amide bonds. The van der Waals surface area contributed by atoms with E-state index in [1.807, 2.05) is 0 Å². The lowest BCUT2D eigenvalue weighted by atomic mass is 9.98. The van der Waals surface area contributed by atoms with Gasteiger partial charge in [0.15, 0.2) is 6.29 Å². The van der Waals surface area contributed by atoms with Crippen molar-refractivity contribution < 1.29 is 50.0 Å². The Morgan fingerprint density at radius 3 is 1.12 bits per heavy atom. The molecule has 456 valence electrons. The summed E-state index contributed by atoms with van der Waals surface area (Å²) in [6.45, 7) is 3.48. The zero-order valence-electron chi connectivity index (χ0n) is 50.2. The number of hydrogen-bond acceptors (Lipinski definition) is 10. The van der Waals surface area contributed by atoms with Crippen molar-refractivity contribution in [1.82, 2.24) is 5.32 Å². The van der Waals surface area contributed by atoms with Crippen LogP contribution in [0, 0.1) is 0 Å². The Labute approximate surface area is 474 Å². The first-order valence-corrected chi connectivity index (χ1v) is 33.2. The largest absolute Gasteiger partial charge is 0.394 e. The predicted octanol–water partition coefficient (Wildman–Crippen LogP) is 15.2. The smallest absolute Gasteiger partial charge is 0.249 e. The third-order valence-corrected chi connectivity index (χ3v) is 16.2. The van der Waals surface area contributed by atoms with E-state index in [0.29, 0.717) is 12.8 Å². The van der Waals surface area contributed by atoms with E-state index < -0.39 is 74.2 Å². The van der Waals surface area contributed by atoms with Crippen molar-refractivity contribution in [3.63, 3.8) is 0 Å². The minimum Gasteiger partial charge on any atom is -0.394 e. The molecule has 77 heavy (non-hydrogen) atoms. The summed E-state index contributed by atoms with van der Waals surface area (Å²) in [5, 5.41) is 76.3. The first kappa shape index (κ1) is 73.6. The number of carbonyl (C=O) groups is 1. The van der Waals surface area contributed by atoms with Crippen LogP contribution in [0.25, 0.3) is 0 Å². The molecule has 0 radical (unpaired) electrons. The average molecular weight is 1090 g/mol. The third-order valence-electron chi connectivity index (χ3n) is 16.2. The highest BCUT2D eigenvalue weighted by atomic mass is 16.7. The molecule has 0 aromatic rings. The monoisotopic (exact) mass is 1090 g/mol. The lowest BCUT2D eigenvalue weighted by molar-refractivity contribution is -0.303. The average Bonchev–Trinajstić information content (AvgIpc) is 3.43. The second-order valence-corrected chi connectivity index (χ2v) is 23.5. The molecule has 11 heteroatoms. The van der Waals surface area contributed by atoms with Gasteiger partial charge in [0.2, 0.25) is 5.91 Å². The minimum atomic E-state index is -1.67. The zero-order chi connectivity index (χ0) is 56.1. The first-order chi connectivity index (χ1) is 37.7. The van der Waals surface area contributed by atoms with Crippen LogP contribution in [-0.2, 0) is 14.3 Å². The van der Waals surface area contributed by atoms with Crippen LogP contribution in [0.3, 0.4) is 0 Å². The molecule has 0 saturated carbocycles. The van der Waals surface area contributed by atoms with Gasteiger partial charge in [-0.15, -0.1) is 0 Å². The van der Waals surface area contributed by atoms with Crippen molar-refractivity contribution in [2.24, 2.45) is 0 Å². The van der Waals surface area contributed by atoms with E-state index in [9.17, 15) is 40.5 Å². The molecule has 0 aliphatic carbocycles. The van der Waals surface area contributed by atoms with E-state index in [0.717, 1.165) is 57.8 Å². The number of aliphatic hydroxyl groups excluding tert-OH is 7. The van der Waals surface area contributed by atoms with Crippen LogP contribution in [0.2, 0.25) is 0 Å². The molecule has 0 aromatic heterocycles. The van der Waals surface area contributed by atoms with Gasteiger partial charge in [-0.3, -0.25) is 4.79 Å². The number of nitrogens with one attached hydrogen (secondary N) is 1. The van der Waals surface area contributed by atoms with Gasteiger partial charge in [-0.1, -0.05) is 282 Å². The summed E-state index contributed by atoms with van der Waals surface area (Å²) in [5.41, 5.74) is 0. The van der Waals surface area contributed by atoms with Gasteiger partial charge in [0.05, 0.1) is 25.4 Å². The maximum atomic E-state index is 13.2. The summed E-state index contributed by atoms with van der Waals surface area (Å²) in [6.07, 6.45) is 56.9. The van der Waals surface area contributed by atoms with Crippen LogP contribution < -0.4 is 5.32 Å². The lowest BCUT2D eigenvalue weighted by Crippen LogP contribution is -2.60.